The van der Waals surface area contributed by atoms with Crippen LogP contribution in [0.1, 0.15) is 37.3 Å². The Balaban J connectivity index is 1.65. The Morgan fingerprint density at radius 1 is 1.13 bits per heavy atom. The smallest absolute Gasteiger partial charge is 0.259 e. The zero-order valence-corrected chi connectivity index (χ0v) is 21.6. The van der Waals surface area contributed by atoms with Crippen molar-refractivity contribution in [1.82, 2.24) is 15.1 Å². The first-order valence-corrected chi connectivity index (χ1v) is 12.7. The summed E-state index contributed by atoms with van der Waals surface area (Å²) in [5, 5.41) is 59.0. The van der Waals surface area contributed by atoms with Crippen molar-refractivity contribution in [2.45, 2.75) is 43.4 Å². The molecule has 1 heterocycles. The van der Waals surface area contributed by atoms with E-state index in [1.807, 2.05) is 4.90 Å². The Labute approximate surface area is 219 Å². The summed E-state index contributed by atoms with van der Waals surface area (Å²) in [5.74, 6) is -7.17. The quantitative estimate of drug-likeness (QED) is 0.300. The number of Topliss-reactive ketones (excluding diaryl/α,β-unsaturated/α-hetero) is 2. The molecule has 0 aromatic heterocycles. The van der Waals surface area contributed by atoms with Gasteiger partial charge in [-0.15, -0.1) is 0 Å². The molecular formula is C27H33N3O8. The van der Waals surface area contributed by atoms with Crippen LogP contribution in [0.15, 0.2) is 35.1 Å². The highest BCUT2D eigenvalue weighted by atomic mass is 16.3. The second-order valence-corrected chi connectivity index (χ2v) is 11.1. The van der Waals surface area contributed by atoms with Crippen LogP contribution in [0.4, 0.5) is 0 Å². The molecule has 0 bridgehead atoms. The number of hydrogen-bond acceptors (Lipinski definition) is 10. The number of likely N-dealkylation sites (tertiary alicyclic amines) is 1. The molecule has 0 spiro atoms. The van der Waals surface area contributed by atoms with Crippen molar-refractivity contribution in [3.8, 4) is 5.75 Å². The molecule has 1 aromatic carbocycles. The fourth-order valence-electron chi connectivity index (χ4n) is 6.70. The van der Waals surface area contributed by atoms with Crippen LogP contribution in [0.25, 0.3) is 5.76 Å². The van der Waals surface area contributed by atoms with Gasteiger partial charge < -0.3 is 30.8 Å². The molecule has 4 aliphatic rings. The highest BCUT2D eigenvalue weighted by molar-refractivity contribution is 6.25. The lowest BCUT2D eigenvalue weighted by Gasteiger charge is -2.53. The normalized spacial score (nSPS) is 33.4. The molecule has 0 unspecified atom stereocenters. The number of phenols is 1. The maximum absolute atomic E-state index is 14.0. The van der Waals surface area contributed by atoms with Crippen LogP contribution in [0.5, 0.6) is 5.75 Å². The number of amides is 1. The van der Waals surface area contributed by atoms with Gasteiger partial charge in [-0.1, -0.05) is 12.1 Å². The molecule has 3 aliphatic carbocycles. The zero-order valence-electron chi connectivity index (χ0n) is 21.6. The first kappa shape index (κ1) is 26.4. The number of hydrogen-bond donors (Lipinski definition) is 6. The molecule has 11 nitrogen and oxygen atoms in total. The van der Waals surface area contributed by atoms with Gasteiger partial charge in [-0.2, -0.15) is 0 Å². The summed E-state index contributed by atoms with van der Waals surface area (Å²) in [7, 11) is 3.12. The lowest BCUT2D eigenvalue weighted by molar-refractivity contribution is -0.159. The van der Waals surface area contributed by atoms with E-state index in [1.165, 1.54) is 30.0 Å². The van der Waals surface area contributed by atoms with E-state index in [4.69, 9.17) is 0 Å². The number of carbonyl (C=O) groups excluding carboxylic acids is 3. The summed E-state index contributed by atoms with van der Waals surface area (Å²) in [5.41, 5.74) is -5.54. The third-order valence-electron chi connectivity index (χ3n) is 8.66. The second-order valence-electron chi connectivity index (χ2n) is 11.1. The number of carbonyl (C=O) groups is 3. The Kier molecular flexibility index (Phi) is 6.18. The summed E-state index contributed by atoms with van der Waals surface area (Å²) in [4.78, 5) is 44.3. The van der Waals surface area contributed by atoms with E-state index in [9.17, 15) is 39.9 Å². The van der Waals surface area contributed by atoms with Gasteiger partial charge in [0.2, 0.25) is 5.78 Å². The van der Waals surface area contributed by atoms with Crippen molar-refractivity contribution in [2.75, 3.05) is 33.9 Å². The summed E-state index contributed by atoms with van der Waals surface area (Å²) in [6.07, 6.45) is 1.78. The van der Waals surface area contributed by atoms with Gasteiger partial charge in [-0.05, 0) is 65.0 Å². The molecule has 5 rings (SSSR count). The standard InChI is InChI=1S/C27H33N3O8/c1-26(37)13-7-6-8-16(31)17(13)21(32)18-14(26)11-15-20(29(2)3)22(33)19(24(35)27(15,38)23(18)34)25(36)28-12-30-9-4-5-10-30/h6-8,14-15,20,31-32,35,37-38H,4-5,9-12H2,1-3H3,(H,28,36)/t14-,15+,20-,26+,27-/m0/s1. The lowest BCUT2D eigenvalue weighted by atomic mass is 9.54. The Morgan fingerprint density at radius 2 is 1.79 bits per heavy atom. The molecule has 1 saturated carbocycles. The van der Waals surface area contributed by atoms with Gasteiger partial charge in [0.25, 0.3) is 5.91 Å². The minimum atomic E-state index is -2.72. The number of nitrogens with one attached hydrogen (secondary N) is 1. The number of aliphatic hydroxyl groups excluding tert-OH is 2. The van der Waals surface area contributed by atoms with Crippen molar-refractivity contribution in [1.29, 1.82) is 0 Å². The zero-order chi connectivity index (χ0) is 27.7. The number of phenolic OH excluding ortho intramolecular Hbond substituents is 1. The van der Waals surface area contributed by atoms with E-state index in [-0.39, 0.29) is 35.5 Å². The van der Waals surface area contributed by atoms with Crippen molar-refractivity contribution in [3.05, 3.63) is 46.2 Å². The van der Waals surface area contributed by atoms with Gasteiger partial charge in [0, 0.05) is 17.4 Å². The molecular weight excluding hydrogens is 494 g/mol. The molecule has 5 atom stereocenters. The van der Waals surface area contributed by atoms with Crippen LogP contribution in [0.2, 0.25) is 0 Å². The van der Waals surface area contributed by atoms with Crippen molar-refractivity contribution < 1.29 is 39.9 Å². The minimum Gasteiger partial charge on any atom is -0.508 e. The average molecular weight is 528 g/mol. The maximum Gasteiger partial charge on any atom is 0.259 e. The molecule has 204 valence electrons. The van der Waals surface area contributed by atoms with Gasteiger partial charge in [-0.3, -0.25) is 24.2 Å². The first-order chi connectivity index (χ1) is 17.8. The monoisotopic (exact) mass is 527 g/mol. The van der Waals surface area contributed by atoms with Crippen LogP contribution < -0.4 is 5.32 Å². The Morgan fingerprint density at radius 3 is 2.42 bits per heavy atom. The van der Waals surface area contributed by atoms with E-state index in [0.717, 1.165) is 25.9 Å². The van der Waals surface area contributed by atoms with E-state index in [0.29, 0.717) is 0 Å². The highest BCUT2D eigenvalue weighted by Crippen LogP contribution is 2.57. The number of benzene rings is 1. The van der Waals surface area contributed by atoms with E-state index >= 15 is 0 Å². The van der Waals surface area contributed by atoms with Crippen molar-refractivity contribution in [3.63, 3.8) is 0 Å². The average Bonchev–Trinajstić information content (AvgIpc) is 3.37. The highest BCUT2D eigenvalue weighted by Gasteiger charge is 2.66. The number of nitrogens with zero attached hydrogens (tertiary/aromatic N) is 2. The van der Waals surface area contributed by atoms with Crippen LogP contribution in [-0.4, -0.2) is 98.3 Å². The largest absolute Gasteiger partial charge is 0.508 e. The first-order valence-electron chi connectivity index (χ1n) is 12.7. The van der Waals surface area contributed by atoms with Gasteiger partial charge in [0.15, 0.2) is 11.4 Å². The van der Waals surface area contributed by atoms with Gasteiger partial charge >= 0.3 is 0 Å². The molecule has 1 aromatic rings. The molecule has 11 heteroatoms. The SMILES string of the molecule is CN(C)[C@@H]1C(=O)C(C(=O)NCN2CCCC2)=C(O)[C@@]2(O)C(=O)C3=C(O)c4c(O)cccc4[C@@](C)(O)[C@H]3C[C@H]12. The summed E-state index contributed by atoms with van der Waals surface area (Å²) in [6, 6.07) is 3.12. The molecule has 38 heavy (non-hydrogen) atoms. The van der Waals surface area contributed by atoms with E-state index in [2.05, 4.69) is 5.32 Å². The molecule has 2 fully saturated rings. The third-order valence-corrected chi connectivity index (χ3v) is 8.66. The Bertz CT molecular complexity index is 1290. The third kappa shape index (κ3) is 3.53. The summed E-state index contributed by atoms with van der Waals surface area (Å²) in [6.45, 7) is 3.11. The van der Waals surface area contributed by atoms with E-state index in [1.54, 1.807) is 14.1 Å². The van der Waals surface area contributed by atoms with Crippen LogP contribution in [0, 0.1) is 11.8 Å². The molecule has 1 aliphatic heterocycles. The van der Waals surface area contributed by atoms with Crippen LogP contribution in [-0.2, 0) is 20.0 Å². The van der Waals surface area contributed by atoms with Crippen LogP contribution >= 0.6 is 0 Å². The minimum absolute atomic E-state index is 0.137. The fourth-order valence-corrected chi connectivity index (χ4v) is 6.70. The number of rotatable bonds is 4. The van der Waals surface area contributed by atoms with Gasteiger partial charge in [0.1, 0.15) is 22.8 Å². The molecule has 6 N–H and O–H groups in total. The number of aromatic hydroxyl groups is 1. The number of ketones is 2. The van der Waals surface area contributed by atoms with Gasteiger partial charge in [-0.25, -0.2) is 0 Å². The van der Waals surface area contributed by atoms with E-state index < -0.39 is 63.6 Å². The molecule has 1 amide bonds. The fraction of sp³-hybridized carbons (Fsp3) is 0.519. The predicted octanol–water partition coefficient (Wildman–Crippen LogP) is 0.313. The maximum atomic E-state index is 14.0. The van der Waals surface area contributed by atoms with Crippen molar-refractivity contribution in [2.24, 2.45) is 11.8 Å². The summed E-state index contributed by atoms with van der Waals surface area (Å²) < 4.78 is 0. The topological polar surface area (TPSA) is 171 Å². The molecule has 0 radical (unpaired) electrons. The number of fused-ring (bicyclic) bond motifs is 3. The second kappa shape index (κ2) is 8.91. The summed E-state index contributed by atoms with van der Waals surface area (Å²) >= 11 is 0. The van der Waals surface area contributed by atoms with Crippen molar-refractivity contribution >= 4 is 23.2 Å². The molecule has 1 saturated heterocycles. The predicted molar refractivity (Wildman–Crippen MR) is 135 cm³/mol. The number of likely N-dealkylation sites (N-methyl/N-ethyl adjacent to an activating group) is 1. The number of aliphatic hydroxyl groups is 4. The van der Waals surface area contributed by atoms with Crippen LogP contribution in [0.3, 0.4) is 0 Å². The van der Waals surface area contributed by atoms with Gasteiger partial charge in [0.05, 0.1) is 23.9 Å². The Hall–Kier alpha value is -3.25. The lowest BCUT2D eigenvalue weighted by Crippen LogP contribution is -2.67.